The van der Waals surface area contributed by atoms with Gasteiger partial charge >= 0.3 is 0 Å². The van der Waals surface area contributed by atoms with Gasteiger partial charge in [0.05, 0.1) is 6.10 Å². The average Bonchev–Trinajstić information content (AvgIpc) is 2.38. The number of hydrogen-bond acceptors (Lipinski definition) is 4. The molecule has 0 spiro atoms. The number of Topliss-reactive ketones (excluding diaryl/α,β-unsaturated/α-hetero) is 1. The number of aliphatic hydroxyl groups is 2. The highest BCUT2D eigenvalue weighted by atomic mass is 16.3. The molecule has 1 aromatic carbocycles. The number of aryl methyl sites for hydroxylation is 1. The lowest BCUT2D eigenvalue weighted by Crippen LogP contribution is -2.22. The zero-order valence-corrected chi connectivity index (χ0v) is 10.3. The molecule has 0 fully saturated rings. The summed E-state index contributed by atoms with van der Waals surface area (Å²) >= 11 is 0. The van der Waals surface area contributed by atoms with E-state index in [1.54, 1.807) is 12.1 Å². The third-order valence-corrected chi connectivity index (χ3v) is 3.45. The first-order valence-electron chi connectivity index (χ1n) is 6.35. The lowest BCUT2D eigenvalue weighted by atomic mass is 9.88. The summed E-state index contributed by atoms with van der Waals surface area (Å²) in [5.41, 5.74) is 7.67. The molecule has 4 heteroatoms. The number of aliphatic hydroxyl groups excluding tert-OH is 2. The molecule has 1 aliphatic carbocycles. The van der Waals surface area contributed by atoms with Gasteiger partial charge in [-0.3, -0.25) is 4.79 Å². The van der Waals surface area contributed by atoms with Crippen molar-refractivity contribution in [3.63, 3.8) is 0 Å². The number of ketones is 1. The first-order chi connectivity index (χ1) is 8.63. The van der Waals surface area contributed by atoms with Crippen molar-refractivity contribution in [3.05, 3.63) is 34.9 Å². The molecule has 2 rings (SSSR count). The van der Waals surface area contributed by atoms with Crippen LogP contribution in [0.2, 0.25) is 0 Å². The molecule has 1 aliphatic rings. The number of carbonyl (C=O) groups is 1. The number of carbonyl (C=O) groups excluding carboxylic acids is 1. The predicted molar refractivity (Wildman–Crippen MR) is 68.3 cm³/mol. The predicted octanol–water partition coefficient (Wildman–Crippen LogP) is 0.949. The molecular weight excluding hydrogens is 230 g/mol. The normalized spacial score (nSPS) is 18.3. The molecule has 4 N–H and O–H groups in total. The topological polar surface area (TPSA) is 83.6 Å². The van der Waals surface area contributed by atoms with Crippen LogP contribution in [0.25, 0.3) is 0 Å². The van der Waals surface area contributed by atoms with Crippen molar-refractivity contribution in [2.24, 2.45) is 5.73 Å². The summed E-state index contributed by atoms with van der Waals surface area (Å²) in [6, 6.07) is 5.36. The van der Waals surface area contributed by atoms with Gasteiger partial charge in [0.1, 0.15) is 6.10 Å². The maximum atomic E-state index is 11.8. The molecule has 1 aromatic rings. The third-order valence-electron chi connectivity index (χ3n) is 3.45. The van der Waals surface area contributed by atoms with Crippen LogP contribution in [0.15, 0.2) is 18.2 Å². The molecule has 0 bridgehead atoms. The van der Waals surface area contributed by atoms with Crippen LogP contribution in [0.1, 0.15) is 46.9 Å². The Labute approximate surface area is 106 Å². The van der Waals surface area contributed by atoms with Crippen LogP contribution in [0.3, 0.4) is 0 Å². The molecule has 0 aromatic heterocycles. The minimum atomic E-state index is -0.978. The molecular formula is C14H19NO3. The van der Waals surface area contributed by atoms with Crippen molar-refractivity contribution in [2.75, 3.05) is 6.54 Å². The van der Waals surface area contributed by atoms with Gasteiger partial charge in [0.2, 0.25) is 0 Å². The molecule has 98 valence electrons. The van der Waals surface area contributed by atoms with Gasteiger partial charge in [-0.2, -0.15) is 0 Å². The lowest BCUT2D eigenvalue weighted by Gasteiger charge is -2.20. The Hall–Kier alpha value is -1.23. The summed E-state index contributed by atoms with van der Waals surface area (Å²) in [5.74, 6) is 0.124. The second-order valence-corrected chi connectivity index (χ2v) is 4.78. The monoisotopic (exact) mass is 249 g/mol. The number of nitrogens with two attached hydrogens (primary N) is 1. The van der Waals surface area contributed by atoms with Crippen molar-refractivity contribution < 1.29 is 15.0 Å². The van der Waals surface area contributed by atoms with E-state index in [0.717, 1.165) is 18.4 Å². The summed E-state index contributed by atoms with van der Waals surface area (Å²) < 4.78 is 0. The standard InChI is InChI=1S/C14H19NO3/c15-7-6-13(17)14(18)10-5-4-9-2-1-3-12(16)11(9)8-10/h4-5,8,13-14,17-18H,1-3,6-7,15H2. The molecule has 18 heavy (non-hydrogen) atoms. The van der Waals surface area contributed by atoms with E-state index in [0.29, 0.717) is 30.5 Å². The molecule has 4 nitrogen and oxygen atoms in total. The van der Waals surface area contributed by atoms with Crippen LogP contribution in [0.4, 0.5) is 0 Å². The average molecular weight is 249 g/mol. The van der Waals surface area contributed by atoms with Crippen LogP contribution < -0.4 is 5.73 Å². The van der Waals surface area contributed by atoms with Crippen molar-refractivity contribution in [1.29, 1.82) is 0 Å². The highest BCUT2D eigenvalue weighted by molar-refractivity contribution is 5.98. The van der Waals surface area contributed by atoms with Gasteiger partial charge in [-0.15, -0.1) is 0 Å². The number of hydrogen-bond donors (Lipinski definition) is 3. The maximum Gasteiger partial charge on any atom is 0.163 e. The van der Waals surface area contributed by atoms with Crippen molar-refractivity contribution >= 4 is 5.78 Å². The summed E-state index contributed by atoms with van der Waals surface area (Å²) in [7, 11) is 0. The zero-order chi connectivity index (χ0) is 13.1. The van der Waals surface area contributed by atoms with Crippen LogP contribution in [-0.2, 0) is 6.42 Å². The minimum Gasteiger partial charge on any atom is -0.390 e. The van der Waals surface area contributed by atoms with Gasteiger partial charge in [0.25, 0.3) is 0 Å². The second-order valence-electron chi connectivity index (χ2n) is 4.78. The molecule has 0 radical (unpaired) electrons. The number of rotatable bonds is 4. The smallest absolute Gasteiger partial charge is 0.163 e. The molecule has 2 unspecified atom stereocenters. The summed E-state index contributed by atoms with van der Waals surface area (Å²) in [4.78, 5) is 11.8. The van der Waals surface area contributed by atoms with E-state index >= 15 is 0 Å². The minimum absolute atomic E-state index is 0.124. The first-order valence-corrected chi connectivity index (χ1v) is 6.35. The molecule has 0 aliphatic heterocycles. The van der Waals surface area contributed by atoms with Gasteiger partial charge in [0.15, 0.2) is 5.78 Å². The third kappa shape index (κ3) is 2.61. The Balaban J connectivity index is 2.25. The molecule has 0 amide bonds. The largest absolute Gasteiger partial charge is 0.390 e. The maximum absolute atomic E-state index is 11.8. The summed E-state index contributed by atoms with van der Waals surface area (Å²) in [6.45, 7) is 0.322. The second kappa shape index (κ2) is 5.61. The Morgan fingerprint density at radius 1 is 1.28 bits per heavy atom. The Morgan fingerprint density at radius 2 is 2.06 bits per heavy atom. The number of benzene rings is 1. The van der Waals surface area contributed by atoms with Gasteiger partial charge in [0, 0.05) is 12.0 Å². The van der Waals surface area contributed by atoms with Crippen LogP contribution >= 0.6 is 0 Å². The van der Waals surface area contributed by atoms with Crippen molar-refractivity contribution in [3.8, 4) is 0 Å². The quantitative estimate of drug-likeness (QED) is 0.741. The highest BCUT2D eigenvalue weighted by Crippen LogP contribution is 2.26. The SMILES string of the molecule is NCCC(O)C(O)c1ccc2c(c1)C(=O)CCC2. The van der Waals surface area contributed by atoms with E-state index in [1.165, 1.54) is 0 Å². The first kappa shape index (κ1) is 13.2. The zero-order valence-electron chi connectivity index (χ0n) is 10.3. The van der Waals surface area contributed by atoms with E-state index in [2.05, 4.69) is 0 Å². The van der Waals surface area contributed by atoms with Crippen LogP contribution in [0.5, 0.6) is 0 Å². The molecule has 0 heterocycles. The van der Waals surface area contributed by atoms with E-state index in [1.807, 2.05) is 6.07 Å². The Kier molecular flexibility index (Phi) is 4.11. The van der Waals surface area contributed by atoms with Gasteiger partial charge in [-0.25, -0.2) is 0 Å². The lowest BCUT2D eigenvalue weighted by molar-refractivity contribution is 0.0150. The molecule has 0 saturated heterocycles. The van der Waals surface area contributed by atoms with E-state index in [4.69, 9.17) is 5.73 Å². The number of fused-ring (bicyclic) bond motifs is 1. The van der Waals surface area contributed by atoms with Crippen LogP contribution in [0, 0.1) is 0 Å². The Morgan fingerprint density at radius 3 is 2.78 bits per heavy atom. The fraction of sp³-hybridized carbons (Fsp3) is 0.500. The van der Waals surface area contributed by atoms with E-state index < -0.39 is 12.2 Å². The summed E-state index contributed by atoms with van der Waals surface area (Å²) in [5, 5.41) is 19.7. The Bertz CT molecular complexity index is 445. The fourth-order valence-electron chi connectivity index (χ4n) is 2.38. The van der Waals surface area contributed by atoms with E-state index in [9.17, 15) is 15.0 Å². The fourth-order valence-corrected chi connectivity index (χ4v) is 2.38. The molecule has 0 saturated carbocycles. The van der Waals surface area contributed by atoms with Gasteiger partial charge in [-0.1, -0.05) is 12.1 Å². The van der Waals surface area contributed by atoms with Gasteiger partial charge in [-0.05, 0) is 43.0 Å². The summed E-state index contributed by atoms with van der Waals surface area (Å²) in [6.07, 6.45) is 0.844. The van der Waals surface area contributed by atoms with E-state index in [-0.39, 0.29) is 5.78 Å². The van der Waals surface area contributed by atoms with Crippen molar-refractivity contribution in [1.82, 2.24) is 0 Å². The van der Waals surface area contributed by atoms with Gasteiger partial charge < -0.3 is 15.9 Å². The highest BCUT2D eigenvalue weighted by Gasteiger charge is 2.22. The van der Waals surface area contributed by atoms with Crippen LogP contribution in [-0.4, -0.2) is 28.6 Å². The van der Waals surface area contributed by atoms with Crippen molar-refractivity contribution in [2.45, 2.75) is 37.9 Å². The molecule has 2 atom stereocenters.